The number of fused-ring (bicyclic) bond motifs is 1. The molecule has 0 radical (unpaired) electrons. The molecule has 3 nitrogen and oxygen atoms in total. The van der Waals surface area contributed by atoms with Crippen LogP contribution in [-0.2, 0) is 6.42 Å². The Hall–Kier alpha value is -1.38. The Morgan fingerprint density at radius 2 is 2.25 bits per heavy atom. The lowest BCUT2D eigenvalue weighted by Crippen LogP contribution is -2.08. The van der Waals surface area contributed by atoms with E-state index in [9.17, 15) is 5.11 Å². The molecule has 2 rings (SSSR count). The van der Waals surface area contributed by atoms with Crippen LogP contribution in [0.4, 0.5) is 5.69 Å². The number of aromatic hydroxyl groups is 1. The number of phenols is 1. The van der Waals surface area contributed by atoms with Crippen molar-refractivity contribution in [2.45, 2.75) is 12.8 Å². The minimum absolute atomic E-state index is 0.254. The minimum Gasteiger partial charge on any atom is -0.507 e. The summed E-state index contributed by atoms with van der Waals surface area (Å²) in [4.78, 5) is 0. The molecule has 1 aromatic carbocycles. The van der Waals surface area contributed by atoms with Crippen LogP contribution in [-0.4, -0.2) is 11.7 Å². The molecule has 1 aromatic rings. The van der Waals surface area contributed by atoms with E-state index in [1.807, 2.05) is 0 Å². The van der Waals surface area contributed by atoms with Gasteiger partial charge in [-0.15, -0.1) is 0 Å². The van der Waals surface area contributed by atoms with Gasteiger partial charge in [0.15, 0.2) is 0 Å². The smallest absolute Gasteiger partial charge is 0.128 e. The van der Waals surface area contributed by atoms with Crippen molar-refractivity contribution in [3.8, 4) is 11.5 Å². The van der Waals surface area contributed by atoms with Crippen molar-refractivity contribution >= 4 is 5.69 Å². The number of anilines is 1. The van der Waals surface area contributed by atoms with Gasteiger partial charge in [-0.1, -0.05) is 0 Å². The van der Waals surface area contributed by atoms with Crippen LogP contribution in [0.25, 0.3) is 0 Å². The van der Waals surface area contributed by atoms with Gasteiger partial charge in [-0.3, -0.25) is 0 Å². The first-order valence-electron chi connectivity index (χ1n) is 4.01. The fraction of sp³-hybridized carbons (Fsp3) is 0.333. The predicted molar refractivity (Wildman–Crippen MR) is 46.3 cm³/mol. The molecule has 0 spiro atoms. The molecule has 0 saturated heterocycles. The van der Waals surface area contributed by atoms with Gasteiger partial charge < -0.3 is 15.6 Å². The van der Waals surface area contributed by atoms with Gasteiger partial charge in [-0.25, -0.2) is 0 Å². The van der Waals surface area contributed by atoms with Crippen LogP contribution in [0.5, 0.6) is 11.5 Å². The monoisotopic (exact) mass is 165 g/mol. The summed E-state index contributed by atoms with van der Waals surface area (Å²) < 4.78 is 5.35. The van der Waals surface area contributed by atoms with Gasteiger partial charge in [0, 0.05) is 23.4 Å². The average Bonchev–Trinajstić information content (AvgIpc) is 2.04. The summed E-state index contributed by atoms with van der Waals surface area (Å²) in [5.41, 5.74) is 6.98. The normalized spacial score (nSPS) is 15.0. The summed E-state index contributed by atoms with van der Waals surface area (Å²) in [6.07, 6.45) is 1.84. The maximum absolute atomic E-state index is 9.48. The second-order valence-electron chi connectivity index (χ2n) is 2.97. The molecule has 0 aliphatic carbocycles. The number of rotatable bonds is 0. The van der Waals surface area contributed by atoms with E-state index in [1.165, 1.54) is 0 Å². The molecule has 64 valence electrons. The Morgan fingerprint density at radius 1 is 1.42 bits per heavy atom. The second-order valence-corrected chi connectivity index (χ2v) is 2.97. The van der Waals surface area contributed by atoms with Crippen molar-refractivity contribution in [1.82, 2.24) is 0 Å². The number of phenolic OH excluding ortho intramolecular Hbond substituents is 1. The number of hydrogen-bond donors (Lipinski definition) is 2. The van der Waals surface area contributed by atoms with Gasteiger partial charge in [-0.05, 0) is 12.8 Å². The highest BCUT2D eigenvalue weighted by atomic mass is 16.5. The zero-order valence-corrected chi connectivity index (χ0v) is 6.71. The lowest BCUT2D eigenvalue weighted by atomic mass is 10.0. The summed E-state index contributed by atoms with van der Waals surface area (Å²) in [6.45, 7) is 0.718. The van der Waals surface area contributed by atoms with Gasteiger partial charge in [0.1, 0.15) is 11.5 Å². The lowest BCUT2D eigenvalue weighted by Gasteiger charge is -2.18. The molecule has 12 heavy (non-hydrogen) atoms. The van der Waals surface area contributed by atoms with E-state index in [1.54, 1.807) is 12.1 Å². The summed E-state index contributed by atoms with van der Waals surface area (Å²) in [7, 11) is 0. The van der Waals surface area contributed by atoms with E-state index < -0.39 is 0 Å². The maximum Gasteiger partial charge on any atom is 0.128 e. The Kier molecular flexibility index (Phi) is 1.57. The number of ether oxygens (including phenoxy) is 1. The van der Waals surface area contributed by atoms with E-state index in [0.29, 0.717) is 5.69 Å². The van der Waals surface area contributed by atoms with Crippen molar-refractivity contribution in [2.75, 3.05) is 12.3 Å². The SMILES string of the molecule is Nc1cc(O)c2c(c1)OCCC2. The molecule has 0 saturated carbocycles. The van der Waals surface area contributed by atoms with Gasteiger partial charge in [0.2, 0.25) is 0 Å². The van der Waals surface area contributed by atoms with Crippen molar-refractivity contribution in [2.24, 2.45) is 0 Å². The van der Waals surface area contributed by atoms with Crippen molar-refractivity contribution in [1.29, 1.82) is 0 Å². The van der Waals surface area contributed by atoms with Gasteiger partial charge in [-0.2, -0.15) is 0 Å². The van der Waals surface area contributed by atoms with Crippen LogP contribution < -0.4 is 10.5 Å². The van der Waals surface area contributed by atoms with Gasteiger partial charge in [0.05, 0.1) is 6.61 Å². The van der Waals surface area contributed by atoms with Crippen LogP contribution in [0, 0.1) is 0 Å². The van der Waals surface area contributed by atoms with Gasteiger partial charge in [0.25, 0.3) is 0 Å². The first kappa shape index (κ1) is 7.28. The molecule has 0 fully saturated rings. The minimum atomic E-state index is 0.254. The molecule has 0 atom stereocenters. The van der Waals surface area contributed by atoms with Crippen LogP contribution in [0.15, 0.2) is 12.1 Å². The molecule has 0 amide bonds. The van der Waals surface area contributed by atoms with Crippen LogP contribution >= 0.6 is 0 Å². The Balaban J connectivity index is 2.53. The molecule has 1 aliphatic rings. The highest BCUT2D eigenvalue weighted by molar-refractivity contribution is 5.56. The third kappa shape index (κ3) is 1.07. The number of nitrogens with two attached hydrogens (primary N) is 1. The molecule has 3 heteroatoms. The van der Waals surface area contributed by atoms with Crippen molar-refractivity contribution in [3.05, 3.63) is 17.7 Å². The highest BCUT2D eigenvalue weighted by Gasteiger charge is 2.14. The van der Waals surface area contributed by atoms with Crippen LogP contribution in [0.2, 0.25) is 0 Å². The van der Waals surface area contributed by atoms with E-state index in [4.69, 9.17) is 10.5 Å². The number of nitrogen functional groups attached to an aromatic ring is 1. The van der Waals surface area contributed by atoms with Crippen LogP contribution in [0.1, 0.15) is 12.0 Å². The Morgan fingerprint density at radius 3 is 3.08 bits per heavy atom. The molecule has 0 aromatic heterocycles. The van der Waals surface area contributed by atoms with Crippen molar-refractivity contribution in [3.63, 3.8) is 0 Å². The Labute approximate surface area is 70.8 Å². The fourth-order valence-corrected chi connectivity index (χ4v) is 1.46. The lowest BCUT2D eigenvalue weighted by molar-refractivity contribution is 0.284. The third-order valence-electron chi connectivity index (χ3n) is 2.04. The maximum atomic E-state index is 9.48. The highest BCUT2D eigenvalue weighted by Crippen LogP contribution is 2.34. The first-order valence-corrected chi connectivity index (χ1v) is 4.01. The zero-order valence-electron chi connectivity index (χ0n) is 6.71. The zero-order chi connectivity index (χ0) is 8.55. The summed E-state index contributed by atoms with van der Waals surface area (Å²) in [6, 6.07) is 3.32. The van der Waals surface area contributed by atoms with Crippen LogP contribution in [0.3, 0.4) is 0 Å². The molecule has 3 N–H and O–H groups in total. The van der Waals surface area contributed by atoms with E-state index >= 15 is 0 Å². The quantitative estimate of drug-likeness (QED) is 0.570. The third-order valence-corrected chi connectivity index (χ3v) is 2.04. The standard InChI is InChI=1S/C9H11NO2/c10-6-4-8(11)7-2-1-3-12-9(7)5-6/h4-5,11H,1-3,10H2. The number of hydrogen-bond acceptors (Lipinski definition) is 3. The summed E-state index contributed by atoms with van der Waals surface area (Å²) in [5, 5.41) is 9.48. The molecule has 0 bridgehead atoms. The fourth-order valence-electron chi connectivity index (χ4n) is 1.46. The number of benzene rings is 1. The van der Waals surface area contributed by atoms with E-state index in [0.717, 1.165) is 30.8 Å². The largest absolute Gasteiger partial charge is 0.507 e. The van der Waals surface area contributed by atoms with E-state index in [2.05, 4.69) is 0 Å². The summed E-state index contributed by atoms with van der Waals surface area (Å²) in [5.74, 6) is 0.989. The molecule has 1 heterocycles. The Bertz CT molecular complexity index is 310. The molecular weight excluding hydrogens is 154 g/mol. The summed E-state index contributed by atoms with van der Waals surface area (Å²) >= 11 is 0. The molecule has 1 aliphatic heterocycles. The van der Waals surface area contributed by atoms with Gasteiger partial charge >= 0.3 is 0 Å². The topological polar surface area (TPSA) is 55.5 Å². The molecule has 0 unspecified atom stereocenters. The first-order chi connectivity index (χ1) is 5.77. The average molecular weight is 165 g/mol. The molecular formula is C9H11NO2. The second kappa shape index (κ2) is 2.59. The van der Waals surface area contributed by atoms with E-state index in [-0.39, 0.29) is 5.75 Å². The van der Waals surface area contributed by atoms with Crippen molar-refractivity contribution < 1.29 is 9.84 Å². The predicted octanol–water partition coefficient (Wildman–Crippen LogP) is 1.30.